The van der Waals surface area contributed by atoms with Gasteiger partial charge >= 0.3 is 0 Å². The van der Waals surface area contributed by atoms with Gasteiger partial charge in [-0.05, 0) is 25.9 Å². The average Bonchev–Trinajstić information content (AvgIpc) is 2.75. The van der Waals surface area contributed by atoms with Gasteiger partial charge in [0.05, 0.1) is 18.6 Å². The fourth-order valence-electron chi connectivity index (χ4n) is 2.93. The van der Waals surface area contributed by atoms with Crippen molar-refractivity contribution < 1.29 is 0 Å². The van der Waals surface area contributed by atoms with Gasteiger partial charge in [0.1, 0.15) is 11.6 Å². The highest BCUT2D eigenvalue weighted by Gasteiger charge is 2.39. The number of nitrogens with one attached hydrogen (secondary N) is 2. The third-order valence-corrected chi connectivity index (χ3v) is 3.73. The van der Waals surface area contributed by atoms with Crippen LogP contribution in [0.1, 0.15) is 24.5 Å². The van der Waals surface area contributed by atoms with E-state index in [0.717, 1.165) is 50.7 Å². The second-order valence-electron chi connectivity index (χ2n) is 4.65. The maximum absolute atomic E-state index is 5.75. The van der Waals surface area contributed by atoms with E-state index in [9.17, 15) is 0 Å². The molecule has 1 aromatic rings. The minimum Gasteiger partial charge on any atom is -0.324 e. The number of nitrogens with two attached hydrogens (primary N) is 1. The molecule has 0 radical (unpaired) electrons. The lowest BCUT2D eigenvalue weighted by atomic mass is 9.86. The second-order valence-corrected chi connectivity index (χ2v) is 4.65. The molecule has 0 unspecified atom stereocenters. The highest BCUT2D eigenvalue weighted by molar-refractivity contribution is 5.09. The molecule has 1 aromatic heterocycles. The lowest BCUT2D eigenvalue weighted by Crippen LogP contribution is -2.54. The molecule has 2 aliphatic heterocycles. The standard InChI is InChI=1S/C10H18N6/c11-5-8-14-15-9-6-13-7-10(16(8)9)1-3-12-4-2-10/h12-13H,1-7,11H2. The molecular formula is C10H18N6. The number of fused-ring (bicyclic) bond motifs is 2. The second kappa shape index (κ2) is 3.80. The van der Waals surface area contributed by atoms with Gasteiger partial charge in [0.15, 0.2) is 0 Å². The predicted octanol–water partition coefficient (Wildman–Crippen LogP) is -1.08. The Hall–Kier alpha value is -0.980. The van der Waals surface area contributed by atoms with Crippen LogP contribution < -0.4 is 16.4 Å². The third-order valence-electron chi connectivity index (χ3n) is 3.73. The summed E-state index contributed by atoms with van der Waals surface area (Å²) in [7, 11) is 0. The molecule has 0 aromatic carbocycles. The summed E-state index contributed by atoms with van der Waals surface area (Å²) in [6.07, 6.45) is 2.25. The van der Waals surface area contributed by atoms with Gasteiger partial charge in [0, 0.05) is 6.54 Å². The Morgan fingerprint density at radius 2 is 2.06 bits per heavy atom. The topological polar surface area (TPSA) is 80.8 Å². The number of piperidine rings is 1. The lowest BCUT2D eigenvalue weighted by molar-refractivity contribution is 0.166. The van der Waals surface area contributed by atoms with Gasteiger partial charge in [0.25, 0.3) is 0 Å². The zero-order valence-corrected chi connectivity index (χ0v) is 9.37. The molecule has 0 aliphatic carbocycles. The monoisotopic (exact) mass is 222 g/mol. The molecule has 3 rings (SSSR count). The Morgan fingerprint density at radius 3 is 2.81 bits per heavy atom. The molecule has 1 saturated heterocycles. The van der Waals surface area contributed by atoms with Crippen molar-refractivity contribution >= 4 is 0 Å². The van der Waals surface area contributed by atoms with Gasteiger partial charge in [-0.2, -0.15) is 0 Å². The SMILES string of the molecule is NCc1nnc2n1C1(CCNCC1)CNC2. The summed E-state index contributed by atoms with van der Waals surface area (Å²) in [5, 5.41) is 15.3. The summed E-state index contributed by atoms with van der Waals surface area (Å²) in [5.41, 5.74) is 5.90. The summed E-state index contributed by atoms with van der Waals surface area (Å²) < 4.78 is 2.30. The third kappa shape index (κ3) is 1.37. The van der Waals surface area contributed by atoms with Gasteiger partial charge in [-0.15, -0.1) is 10.2 Å². The Balaban J connectivity index is 2.06. The van der Waals surface area contributed by atoms with Gasteiger partial charge < -0.3 is 20.9 Å². The van der Waals surface area contributed by atoms with E-state index in [1.54, 1.807) is 0 Å². The lowest BCUT2D eigenvalue weighted by Gasteiger charge is -2.43. The molecule has 0 bridgehead atoms. The Bertz CT molecular complexity index is 365. The van der Waals surface area contributed by atoms with Gasteiger partial charge in [-0.1, -0.05) is 0 Å². The van der Waals surface area contributed by atoms with Crippen molar-refractivity contribution in [1.29, 1.82) is 0 Å². The van der Waals surface area contributed by atoms with Gasteiger partial charge in [-0.3, -0.25) is 0 Å². The molecule has 3 heterocycles. The van der Waals surface area contributed by atoms with Crippen molar-refractivity contribution in [3.05, 3.63) is 11.6 Å². The van der Waals surface area contributed by atoms with E-state index in [1.165, 1.54) is 0 Å². The molecule has 6 heteroatoms. The van der Waals surface area contributed by atoms with E-state index < -0.39 is 0 Å². The van der Waals surface area contributed by atoms with E-state index in [-0.39, 0.29) is 5.54 Å². The van der Waals surface area contributed by atoms with Crippen molar-refractivity contribution in [2.24, 2.45) is 5.73 Å². The number of hydrogen-bond donors (Lipinski definition) is 3. The van der Waals surface area contributed by atoms with Crippen LogP contribution in [0.15, 0.2) is 0 Å². The highest BCUT2D eigenvalue weighted by Crippen LogP contribution is 2.31. The predicted molar refractivity (Wildman–Crippen MR) is 59.7 cm³/mol. The van der Waals surface area contributed by atoms with Crippen molar-refractivity contribution in [2.75, 3.05) is 19.6 Å². The Labute approximate surface area is 94.6 Å². The van der Waals surface area contributed by atoms with Crippen LogP contribution in [0.2, 0.25) is 0 Å². The van der Waals surface area contributed by atoms with E-state index in [4.69, 9.17) is 5.73 Å². The van der Waals surface area contributed by atoms with Gasteiger partial charge in [0.2, 0.25) is 0 Å². The minimum absolute atomic E-state index is 0.150. The van der Waals surface area contributed by atoms with Crippen LogP contribution in [0.25, 0.3) is 0 Å². The quantitative estimate of drug-likeness (QED) is 0.563. The van der Waals surface area contributed by atoms with E-state index in [0.29, 0.717) is 6.54 Å². The fourth-order valence-corrected chi connectivity index (χ4v) is 2.93. The summed E-state index contributed by atoms with van der Waals surface area (Å²) in [5.74, 6) is 1.96. The first-order valence-corrected chi connectivity index (χ1v) is 5.91. The van der Waals surface area contributed by atoms with Crippen LogP contribution in [-0.4, -0.2) is 34.4 Å². The fraction of sp³-hybridized carbons (Fsp3) is 0.800. The summed E-state index contributed by atoms with van der Waals surface area (Å²) in [4.78, 5) is 0. The highest BCUT2D eigenvalue weighted by atomic mass is 15.3. The molecule has 0 atom stereocenters. The molecule has 1 fully saturated rings. The maximum Gasteiger partial charge on any atom is 0.147 e. The molecule has 2 aliphatic rings. The zero-order chi connectivity index (χ0) is 11.0. The molecule has 1 spiro atoms. The minimum atomic E-state index is 0.150. The zero-order valence-electron chi connectivity index (χ0n) is 9.37. The van der Waals surface area contributed by atoms with Crippen molar-refractivity contribution in [3.63, 3.8) is 0 Å². The van der Waals surface area contributed by atoms with Crippen LogP contribution >= 0.6 is 0 Å². The largest absolute Gasteiger partial charge is 0.324 e. The van der Waals surface area contributed by atoms with Crippen LogP contribution in [0, 0.1) is 0 Å². The number of nitrogens with zero attached hydrogens (tertiary/aromatic N) is 3. The first-order valence-electron chi connectivity index (χ1n) is 5.91. The first-order chi connectivity index (χ1) is 7.86. The smallest absolute Gasteiger partial charge is 0.147 e. The first kappa shape index (κ1) is 10.2. The van der Waals surface area contributed by atoms with Crippen LogP contribution in [0.4, 0.5) is 0 Å². The van der Waals surface area contributed by atoms with E-state index >= 15 is 0 Å². The molecule has 16 heavy (non-hydrogen) atoms. The van der Waals surface area contributed by atoms with Crippen molar-refractivity contribution in [1.82, 2.24) is 25.4 Å². The molecule has 0 amide bonds. The molecule has 0 saturated carbocycles. The molecule has 88 valence electrons. The van der Waals surface area contributed by atoms with Crippen LogP contribution in [0.3, 0.4) is 0 Å². The Morgan fingerprint density at radius 1 is 1.25 bits per heavy atom. The van der Waals surface area contributed by atoms with E-state index in [2.05, 4.69) is 25.4 Å². The summed E-state index contributed by atoms with van der Waals surface area (Å²) >= 11 is 0. The van der Waals surface area contributed by atoms with Crippen LogP contribution in [0.5, 0.6) is 0 Å². The summed E-state index contributed by atoms with van der Waals surface area (Å²) in [6, 6.07) is 0. The number of rotatable bonds is 1. The Kier molecular flexibility index (Phi) is 2.42. The van der Waals surface area contributed by atoms with E-state index in [1.807, 2.05) is 0 Å². The van der Waals surface area contributed by atoms with Crippen molar-refractivity contribution in [3.8, 4) is 0 Å². The van der Waals surface area contributed by atoms with Crippen molar-refractivity contribution in [2.45, 2.75) is 31.5 Å². The number of hydrogen-bond acceptors (Lipinski definition) is 5. The molecule has 4 N–H and O–H groups in total. The maximum atomic E-state index is 5.75. The molecular weight excluding hydrogens is 204 g/mol. The normalized spacial score (nSPS) is 23.3. The average molecular weight is 222 g/mol. The number of aromatic nitrogens is 3. The molecule has 6 nitrogen and oxygen atoms in total. The van der Waals surface area contributed by atoms with Gasteiger partial charge in [-0.25, -0.2) is 0 Å². The summed E-state index contributed by atoms with van der Waals surface area (Å²) in [6.45, 7) is 4.41. The van der Waals surface area contributed by atoms with Crippen LogP contribution in [-0.2, 0) is 18.6 Å².